The SMILES string of the molecule is C=CCN(C)C(=O)[C@@H]1[C@H]2C(=O)N(CCCO)C(C(=O)N(CC=C)C(C)(C)C)C23CC[C@H]1O3. The molecule has 8 nitrogen and oxygen atoms in total. The van der Waals surface area contributed by atoms with E-state index in [1.165, 1.54) is 0 Å². The van der Waals surface area contributed by atoms with Gasteiger partial charge in [0, 0.05) is 38.8 Å². The van der Waals surface area contributed by atoms with Crippen molar-refractivity contribution in [1.29, 1.82) is 0 Å². The number of hydrogen-bond donors (Lipinski definition) is 1. The lowest BCUT2D eigenvalue weighted by molar-refractivity contribution is -0.151. The summed E-state index contributed by atoms with van der Waals surface area (Å²) in [4.78, 5) is 45.8. The Morgan fingerprint density at radius 1 is 1.25 bits per heavy atom. The van der Waals surface area contributed by atoms with Crippen LogP contribution in [0.4, 0.5) is 0 Å². The van der Waals surface area contributed by atoms with Gasteiger partial charge < -0.3 is 24.5 Å². The second-order valence-electron chi connectivity index (χ2n) is 10.1. The van der Waals surface area contributed by atoms with Crippen molar-refractivity contribution < 1.29 is 24.2 Å². The van der Waals surface area contributed by atoms with E-state index in [4.69, 9.17) is 4.74 Å². The van der Waals surface area contributed by atoms with E-state index in [0.29, 0.717) is 32.4 Å². The van der Waals surface area contributed by atoms with Gasteiger partial charge in [-0.2, -0.15) is 0 Å². The van der Waals surface area contributed by atoms with Gasteiger partial charge >= 0.3 is 0 Å². The number of hydrogen-bond acceptors (Lipinski definition) is 5. The Labute approximate surface area is 190 Å². The smallest absolute Gasteiger partial charge is 0.249 e. The molecular weight excluding hydrogens is 410 g/mol. The number of likely N-dealkylation sites (N-methyl/N-ethyl adjacent to an activating group) is 1. The first-order valence-electron chi connectivity index (χ1n) is 11.4. The van der Waals surface area contributed by atoms with E-state index in [2.05, 4.69) is 13.2 Å². The maximum absolute atomic E-state index is 14.0. The monoisotopic (exact) mass is 447 g/mol. The van der Waals surface area contributed by atoms with Crippen LogP contribution in [0.1, 0.15) is 40.0 Å². The summed E-state index contributed by atoms with van der Waals surface area (Å²) in [6, 6.07) is -0.821. The molecule has 3 rings (SSSR count). The molecule has 0 aliphatic carbocycles. The highest BCUT2D eigenvalue weighted by molar-refractivity contribution is 5.99. The third-order valence-corrected chi connectivity index (χ3v) is 7.04. The fourth-order valence-corrected chi connectivity index (χ4v) is 5.70. The minimum atomic E-state index is -1.02. The lowest BCUT2D eigenvalue weighted by Crippen LogP contribution is -2.60. The Morgan fingerprint density at radius 3 is 2.47 bits per heavy atom. The lowest BCUT2D eigenvalue weighted by atomic mass is 9.70. The molecule has 3 saturated heterocycles. The highest BCUT2D eigenvalue weighted by Crippen LogP contribution is 2.59. The van der Waals surface area contributed by atoms with Crippen LogP contribution in [0, 0.1) is 11.8 Å². The predicted octanol–water partition coefficient (Wildman–Crippen LogP) is 1.20. The first-order valence-corrected chi connectivity index (χ1v) is 11.4. The number of carbonyl (C=O) groups is 3. The normalized spacial score (nSPS) is 30.9. The molecule has 1 N–H and O–H groups in total. The van der Waals surface area contributed by atoms with E-state index in [9.17, 15) is 19.5 Å². The second-order valence-corrected chi connectivity index (χ2v) is 10.1. The number of aliphatic hydroxyl groups is 1. The summed E-state index contributed by atoms with van der Waals surface area (Å²) in [5, 5.41) is 9.42. The molecule has 0 aromatic carbocycles. The van der Waals surface area contributed by atoms with Gasteiger partial charge in [-0.1, -0.05) is 12.2 Å². The molecule has 8 heteroatoms. The van der Waals surface area contributed by atoms with E-state index in [1.807, 2.05) is 20.8 Å². The largest absolute Gasteiger partial charge is 0.396 e. The average Bonchev–Trinajstić information content (AvgIpc) is 3.36. The van der Waals surface area contributed by atoms with Crippen LogP contribution < -0.4 is 0 Å². The second kappa shape index (κ2) is 8.98. The van der Waals surface area contributed by atoms with Crippen molar-refractivity contribution in [1.82, 2.24) is 14.7 Å². The summed E-state index contributed by atoms with van der Waals surface area (Å²) in [6.07, 6.45) is 4.50. The first-order chi connectivity index (χ1) is 15.0. The molecule has 0 aromatic heterocycles. The fraction of sp³-hybridized carbons (Fsp3) is 0.708. The van der Waals surface area contributed by atoms with Gasteiger partial charge in [-0.25, -0.2) is 0 Å². The van der Waals surface area contributed by atoms with Crippen molar-refractivity contribution in [2.24, 2.45) is 11.8 Å². The topological polar surface area (TPSA) is 90.4 Å². The Balaban J connectivity index is 2.04. The van der Waals surface area contributed by atoms with E-state index in [1.54, 1.807) is 33.9 Å². The van der Waals surface area contributed by atoms with Gasteiger partial charge in [0.1, 0.15) is 11.6 Å². The maximum Gasteiger partial charge on any atom is 0.249 e. The van der Waals surface area contributed by atoms with Crippen LogP contribution in [0.2, 0.25) is 0 Å². The third kappa shape index (κ3) is 3.77. The van der Waals surface area contributed by atoms with Crippen molar-refractivity contribution in [2.45, 2.75) is 63.3 Å². The quantitative estimate of drug-likeness (QED) is 0.537. The minimum Gasteiger partial charge on any atom is -0.396 e. The molecule has 178 valence electrons. The zero-order chi connectivity index (χ0) is 23.8. The highest BCUT2D eigenvalue weighted by atomic mass is 16.5. The first kappa shape index (κ1) is 24.5. The number of ether oxygens (including phenoxy) is 1. The van der Waals surface area contributed by atoms with Crippen LogP contribution >= 0.6 is 0 Å². The maximum atomic E-state index is 14.0. The summed E-state index contributed by atoms with van der Waals surface area (Å²) >= 11 is 0. The summed E-state index contributed by atoms with van der Waals surface area (Å²) in [7, 11) is 1.69. The van der Waals surface area contributed by atoms with Crippen LogP contribution in [-0.4, -0.2) is 94.1 Å². The fourth-order valence-electron chi connectivity index (χ4n) is 5.70. The van der Waals surface area contributed by atoms with Crippen LogP contribution in [-0.2, 0) is 19.1 Å². The molecule has 3 aliphatic heterocycles. The van der Waals surface area contributed by atoms with Crippen molar-refractivity contribution in [2.75, 3.05) is 33.3 Å². The van der Waals surface area contributed by atoms with Crippen LogP contribution in [0.5, 0.6) is 0 Å². The molecule has 0 aromatic rings. The van der Waals surface area contributed by atoms with Gasteiger partial charge in [0.2, 0.25) is 17.7 Å². The van der Waals surface area contributed by atoms with E-state index in [-0.39, 0.29) is 37.0 Å². The molecule has 32 heavy (non-hydrogen) atoms. The van der Waals surface area contributed by atoms with Crippen molar-refractivity contribution in [3.05, 3.63) is 25.3 Å². The zero-order valence-electron chi connectivity index (χ0n) is 19.7. The molecule has 1 spiro atoms. The molecule has 0 radical (unpaired) electrons. The summed E-state index contributed by atoms with van der Waals surface area (Å²) in [5.41, 5.74) is -1.50. The van der Waals surface area contributed by atoms with E-state index < -0.39 is 29.0 Å². The average molecular weight is 448 g/mol. The minimum absolute atomic E-state index is 0.0914. The van der Waals surface area contributed by atoms with Gasteiger partial charge in [0.25, 0.3) is 0 Å². The molecule has 2 unspecified atom stereocenters. The highest BCUT2D eigenvalue weighted by Gasteiger charge is 2.74. The number of carbonyl (C=O) groups excluding carboxylic acids is 3. The Morgan fingerprint density at radius 2 is 1.91 bits per heavy atom. The number of fused-ring (bicyclic) bond motifs is 1. The number of aliphatic hydroxyl groups excluding tert-OH is 1. The number of rotatable bonds is 9. The molecule has 3 fully saturated rings. The Hall–Kier alpha value is -2.19. The number of nitrogens with zero attached hydrogens (tertiary/aromatic N) is 3. The van der Waals surface area contributed by atoms with Crippen LogP contribution in [0.3, 0.4) is 0 Å². The van der Waals surface area contributed by atoms with E-state index >= 15 is 0 Å². The molecule has 5 atom stereocenters. The molecule has 3 heterocycles. The lowest BCUT2D eigenvalue weighted by Gasteiger charge is -2.42. The standard InChI is InChI=1S/C24H37N3O5/c1-7-12-25(6)20(29)17-16-10-11-24(32-16)18(17)21(30)26(14-9-15-28)19(24)22(31)27(13-8-2)23(3,4)5/h7-8,16-19,28H,1-2,9-15H2,3-6H3/t16-,17+,18+,19?,24?/m1/s1. The Kier molecular flexibility index (Phi) is 6.86. The van der Waals surface area contributed by atoms with E-state index in [0.717, 1.165) is 0 Å². The molecule has 0 saturated carbocycles. The predicted molar refractivity (Wildman–Crippen MR) is 121 cm³/mol. The number of amides is 3. The van der Waals surface area contributed by atoms with Gasteiger partial charge in [-0.15, -0.1) is 13.2 Å². The Bertz CT molecular complexity index is 791. The molecular formula is C24H37N3O5. The van der Waals surface area contributed by atoms with Crippen LogP contribution in [0.15, 0.2) is 25.3 Å². The summed E-state index contributed by atoms with van der Waals surface area (Å²) in [6.45, 7) is 14.2. The summed E-state index contributed by atoms with van der Waals surface area (Å²) in [5.74, 6) is -1.88. The van der Waals surface area contributed by atoms with Gasteiger partial charge in [-0.05, 0) is 40.0 Å². The molecule has 3 aliphatic rings. The van der Waals surface area contributed by atoms with Gasteiger partial charge in [-0.3, -0.25) is 14.4 Å². The van der Waals surface area contributed by atoms with Crippen molar-refractivity contribution in [3.63, 3.8) is 0 Å². The molecule has 2 bridgehead atoms. The van der Waals surface area contributed by atoms with Gasteiger partial charge in [0.05, 0.1) is 17.9 Å². The van der Waals surface area contributed by atoms with Gasteiger partial charge in [0.15, 0.2) is 0 Å². The molecule has 3 amide bonds. The van der Waals surface area contributed by atoms with Crippen LogP contribution in [0.25, 0.3) is 0 Å². The third-order valence-electron chi connectivity index (χ3n) is 7.04. The van der Waals surface area contributed by atoms with Crippen molar-refractivity contribution in [3.8, 4) is 0 Å². The van der Waals surface area contributed by atoms with Crippen molar-refractivity contribution >= 4 is 17.7 Å². The zero-order valence-corrected chi connectivity index (χ0v) is 19.7. The number of likely N-dealkylation sites (tertiary alicyclic amines) is 1. The summed E-state index contributed by atoms with van der Waals surface area (Å²) < 4.78 is 6.43.